The minimum Gasteiger partial charge on any atom is -0.481 e. The highest BCUT2D eigenvalue weighted by Gasteiger charge is 2.17. The lowest BCUT2D eigenvalue weighted by Crippen LogP contribution is -2.25. The second-order valence-electron chi connectivity index (χ2n) is 4.18. The minimum atomic E-state index is -0.342. The highest BCUT2D eigenvalue weighted by atomic mass is 32.1. The Hall–Kier alpha value is -2.33. The summed E-state index contributed by atoms with van der Waals surface area (Å²) in [5, 5.41) is 12.9. The number of hydroxylamine groups is 2. The first-order valence-corrected chi connectivity index (χ1v) is 7.13. The number of ether oxygens (including phenoxy) is 1. The summed E-state index contributed by atoms with van der Waals surface area (Å²) in [5.74, 6) is 1.34. The molecule has 9 nitrogen and oxygen atoms in total. The van der Waals surface area contributed by atoms with Crippen LogP contribution in [0.2, 0.25) is 0 Å². The zero-order valence-corrected chi connectivity index (χ0v) is 13.5. The molecule has 0 spiro atoms. The van der Waals surface area contributed by atoms with Crippen molar-refractivity contribution in [1.29, 1.82) is 0 Å². The number of rotatable bonds is 6. The molecule has 0 radical (unpaired) electrons. The molecule has 2 rings (SSSR count). The van der Waals surface area contributed by atoms with Crippen LogP contribution in [0.4, 0.5) is 5.82 Å². The largest absolute Gasteiger partial charge is 0.481 e. The van der Waals surface area contributed by atoms with E-state index in [0.29, 0.717) is 29.1 Å². The summed E-state index contributed by atoms with van der Waals surface area (Å²) in [4.78, 5) is 25.0. The topological polar surface area (TPSA) is 102 Å². The molecule has 0 aliphatic rings. The molecule has 0 unspecified atom stereocenters. The third kappa shape index (κ3) is 3.86. The Labute approximate surface area is 131 Å². The van der Waals surface area contributed by atoms with Gasteiger partial charge in [-0.15, -0.1) is 10.2 Å². The Balaban J connectivity index is 2.02. The zero-order chi connectivity index (χ0) is 16.1. The maximum atomic E-state index is 11.8. The number of amides is 1. The molecule has 0 saturated carbocycles. The fourth-order valence-corrected chi connectivity index (χ4v) is 2.28. The van der Waals surface area contributed by atoms with Gasteiger partial charge in [0.05, 0.1) is 20.8 Å². The second-order valence-corrected chi connectivity index (χ2v) is 5.24. The molecule has 0 bridgehead atoms. The lowest BCUT2D eigenvalue weighted by Gasteiger charge is -2.10. The van der Waals surface area contributed by atoms with Gasteiger partial charge in [-0.25, -0.2) is 10.0 Å². The van der Waals surface area contributed by atoms with Crippen LogP contribution in [0.15, 0.2) is 6.07 Å². The monoisotopic (exact) mass is 324 g/mol. The second kappa shape index (κ2) is 7.09. The van der Waals surface area contributed by atoms with Crippen molar-refractivity contribution in [3.63, 3.8) is 0 Å². The summed E-state index contributed by atoms with van der Waals surface area (Å²) >= 11 is 1.19. The SMILES string of the molecule is COc1cc(NCc2nnc(C(=O)N(C)OC)s2)nc(C)n1. The molecule has 1 amide bonds. The van der Waals surface area contributed by atoms with E-state index in [2.05, 4.69) is 25.5 Å². The molecule has 0 saturated heterocycles. The Morgan fingerprint density at radius 2 is 2.14 bits per heavy atom. The molecule has 1 N–H and O–H groups in total. The first kappa shape index (κ1) is 16.0. The van der Waals surface area contributed by atoms with Gasteiger partial charge in [0.15, 0.2) is 0 Å². The third-order valence-corrected chi connectivity index (χ3v) is 3.57. The van der Waals surface area contributed by atoms with Crippen LogP contribution in [0.3, 0.4) is 0 Å². The standard InChI is InChI=1S/C12H16N6O3S/c1-7-14-8(5-9(15-7)20-3)13-6-10-16-17-11(22-10)12(19)18(2)21-4/h5H,6H2,1-4H3,(H,13,14,15). The average Bonchev–Trinajstić information content (AvgIpc) is 2.99. The molecular formula is C12H16N6O3S. The summed E-state index contributed by atoms with van der Waals surface area (Å²) < 4.78 is 5.08. The predicted octanol–water partition coefficient (Wildman–Crippen LogP) is 0.891. The Kier molecular flexibility index (Phi) is 5.17. The van der Waals surface area contributed by atoms with Crippen LogP contribution in [0.5, 0.6) is 5.88 Å². The van der Waals surface area contributed by atoms with Crippen LogP contribution in [-0.4, -0.2) is 52.4 Å². The van der Waals surface area contributed by atoms with E-state index in [1.165, 1.54) is 25.5 Å². The van der Waals surface area contributed by atoms with E-state index < -0.39 is 0 Å². The quantitative estimate of drug-likeness (QED) is 0.782. The molecule has 2 heterocycles. The Morgan fingerprint density at radius 1 is 1.36 bits per heavy atom. The molecule has 0 aliphatic carbocycles. The molecule has 118 valence electrons. The van der Waals surface area contributed by atoms with E-state index in [1.807, 2.05) is 0 Å². The van der Waals surface area contributed by atoms with Gasteiger partial charge in [-0.05, 0) is 6.92 Å². The van der Waals surface area contributed by atoms with Gasteiger partial charge in [-0.2, -0.15) is 4.98 Å². The number of nitrogens with one attached hydrogen (secondary N) is 1. The molecule has 10 heteroatoms. The third-order valence-electron chi connectivity index (χ3n) is 2.65. The van der Waals surface area contributed by atoms with Crippen LogP contribution < -0.4 is 10.1 Å². The van der Waals surface area contributed by atoms with Crippen molar-refractivity contribution >= 4 is 23.1 Å². The maximum absolute atomic E-state index is 11.8. The number of anilines is 1. The van der Waals surface area contributed by atoms with Crippen LogP contribution >= 0.6 is 11.3 Å². The molecule has 0 aliphatic heterocycles. The smallest absolute Gasteiger partial charge is 0.308 e. The van der Waals surface area contributed by atoms with Crippen molar-refractivity contribution in [3.05, 3.63) is 21.9 Å². The van der Waals surface area contributed by atoms with Gasteiger partial charge in [0, 0.05) is 13.1 Å². The highest BCUT2D eigenvalue weighted by Crippen LogP contribution is 2.16. The number of carbonyl (C=O) groups excluding carboxylic acids is 1. The summed E-state index contributed by atoms with van der Waals surface area (Å²) in [6.07, 6.45) is 0. The van der Waals surface area contributed by atoms with Crippen LogP contribution in [0.1, 0.15) is 20.6 Å². The van der Waals surface area contributed by atoms with Crippen molar-refractivity contribution in [2.24, 2.45) is 0 Å². The fourth-order valence-electron chi connectivity index (χ4n) is 1.53. The number of hydrogen-bond acceptors (Lipinski definition) is 9. The van der Waals surface area contributed by atoms with Gasteiger partial charge in [-0.1, -0.05) is 11.3 Å². The Morgan fingerprint density at radius 3 is 2.82 bits per heavy atom. The van der Waals surface area contributed by atoms with Gasteiger partial charge >= 0.3 is 5.91 Å². The van der Waals surface area contributed by atoms with Gasteiger partial charge in [-0.3, -0.25) is 9.63 Å². The first-order valence-electron chi connectivity index (χ1n) is 6.31. The van der Waals surface area contributed by atoms with Gasteiger partial charge in [0.2, 0.25) is 10.9 Å². The van der Waals surface area contributed by atoms with Crippen LogP contribution in [0, 0.1) is 6.92 Å². The number of nitrogens with zero attached hydrogens (tertiary/aromatic N) is 5. The fraction of sp³-hybridized carbons (Fsp3) is 0.417. The normalized spacial score (nSPS) is 10.4. The molecular weight excluding hydrogens is 308 g/mol. The number of aromatic nitrogens is 4. The van der Waals surface area contributed by atoms with E-state index in [-0.39, 0.29) is 10.9 Å². The molecule has 2 aromatic rings. The van der Waals surface area contributed by atoms with Gasteiger partial charge < -0.3 is 10.1 Å². The lowest BCUT2D eigenvalue weighted by molar-refractivity contribution is -0.0757. The molecule has 0 atom stereocenters. The Bertz CT molecular complexity index is 662. The van der Waals surface area contributed by atoms with E-state index >= 15 is 0 Å². The lowest BCUT2D eigenvalue weighted by atomic mass is 10.5. The molecule has 22 heavy (non-hydrogen) atoms. The van der Waals surface area contributed by atoms with E-state index in [4.69, 9.17) is 9.57 Å². The van der Waals surface area contributed by atoms with Crippen molar-refractivity contribution in [1.82, 2.24) is 25.2 Å². The van der Waals surface area contributed by atoms with Crippen LogP contribution in [0.25, 0.3) is 0 Å². The van der Waals surface area contributed by atoms with Crippen molar-refractivity contribution in [2.75, 3.05) is 26.6 Å². The van der Waals surface area contributed by atoms with Crippen molar-refractivity contribution in [3.8, 4) is 5.88 Å². The predicted molar refractivity (Wildman–Crippen MR) is 79.7 cm³/mol. The summed E-state index contributed by atoms with van der Waals surface area (Å²) in [6, 6.07) is 1.68. The summed E-state index contributed by atoms with van der Waals surface area (Å²) in [5.41, 5.74) is 0. The first-order chi connectivity index (χ1) is 10.5. The van der Waals surface area contributed by atoms with Gasteiger partial charge in [0.25, 0.3) is 0 Å². The number of aryl methyl sites for hydroxylation is 1. The van der Waals surface area contributed by atoms with E-state index in [0.717, 1.165) is 5.06 Å². The molecule has 0 fully saturated rings. The summed E-state index contributed by atoms with van der Waals surface area (Å²) in [6.45, 7) is 2.16. The highest BCUT2D eigenvalue weighted by molar-refractivity contribution is 7.13. The summed E-state index contributed by atoms with van der Waals surface area (Å²) in [7, 11) is 4.46. The number of hydrogen-bond donors (Lipinski definition) is 1. The zero-order valence-electron chi connectivity index (χ0n) is 12.7. The number of carbonyl (C=O) groups is 1. The molecule has 0 aromatic carbocycles. The van der Waals surface area contributed by atoms with E-state index in [9.17, 15) is 4.79 Å². The van der Waals surface area contributed by atoms with Crippen molar-refractivity contribution < 1.29 is 14.4 Å². The van der Waals surface area contributed by atoms with Crippen molar-refractivity contribution in [2.45, 2.75) is 13.5 Å². The minimum absolute atomic E-state index is 0.262. The maximum Gasteiger partial charge on any atom is 0.308 e. The van der Waals surface area contributed by atoms with Crippen LogP contribution in [-0.2, 0) is 11.4 Å². The van der Waals surface area contributed by atoms with Gasteiger partial charge in [0.1, 0.15) is 16.6 Å². The molecule has 2 aromatic heterocycles. The average molecular weight is 324 g/mol. The number of methoxy groups -OCH3 is 1. The van der Waals surface area contributed by atoms with E-state index in [1.54, 1.807) is 20.1 Å².